The Bertz CT molecular complexity index is 509. The first-order valence-electron chi connectivity index (χ1n) is 6.46. The average molecular weight is 326 g/mol. The van der Waals surface area contributed by atoms with Gasteiger partial charge in [-0.3, -0.25) is 4.79 Å². The summed E-state index contributed by atoms with van der Waals surface area (Å²) >= 11 is 3.47. The van der Waals surface area contributed by atoms with Gasteiger partial charge in [-0.15, -0.1) is 0 Å². The molecule has 0 radical (unpaired) electrons. The minimum Gasteiger partial charge on any atom is -0.368 e. The molecule has 2 atom stereocenters. The third-order valence-electron chi connectivity index (χ3n) is 3.87. The number of piperidine rings is 2. The summed E-state index contributed by atoms with van der Waals surface area (Å²) in [5.74, 6) is 1.82. The Morgan fingerprint density at radius 3 is 3.16 bits per heavy atom. The minimum atomic E-state index is 0.183. The van der Waals surface area contributed by atoms with Crippen LogP contribution in [0.5, 0.6) is 0 Å². The second-order valence-electron chi connectivity index (χ2n) is 5.11. The van der Waals surface area contributed by atoms with E-state index in [1.54, 1.807) is 6.20 Å². The van der Waals surface area contributed by atoms with E-state index >= 15 is 0 Å². The van der Waals surface area contributed by atoms with E-state index in [0.29, 0.717) is 18.4 Å². The Morgan fingerprint density at radius 2 is 2.32 bits per heavy atom. The lowest BCUT2D eigenvalue weighted by Crippen LogP contribution is -2.54. The number of nitrogen functional groups attached to an aromatic ring is 1. The molecule has 2 fully saturated rings. The fourth-order valence-corrected chi connectivity index (χ4v) is 3.34. The summed E-state index contributed by atoms with van der Waals surface area (Å²) in [5.41, 5.74) is 5.66. The molecule has 1 aromatic rings. The minimum absolute atomic E-state index is 0.183. The third kappa shape index (κ3) is 2.51. The maximum atomic E-state index is 11.4. The lowest BCUT2D eigenvalue weighted by atomic mass is 9.85. The third-order valence-corrected chi connectivity index (χ3v) is 4.43. The van der Waals surface area contributed by atoms with E-state index in [1.807, 2.05) is 0 Å². The molecule has 0 saturated carbocycles. The molecule has 2 unspecified atom stereocenters. The standard InChI is InChI=1S/C12H16BrN5O/c13-8-5-15-12(14)17-11(8)18-4-3-9-7(6-18)1-2-10(19)16-9/h5,7,9H,1-4,6H2,(H,16,19)(H2,14,15,17). The van der Waals surface area contributed by atoms with Crippen LogP contribution in [0.25, 0.3) is 0 Å². The van der Waals surface area contributed by atoms with Crippen molar-refractivity contribution in [3.8, 4) is 0 Å². The van der Waals surface area contributed by atoms with Crippen LogP contribution in [0.3, 0.4) is 0 Å². The molecule has 1 aromatic heterocycles. The number of fused-ring (bicyclic) bond motifs is 1. The molecule has 0 aromatic carbocycles. The maximum Gasteiger partial charge on any atom is 0.222 e. The van der Waals surface area contributed by atoms with Gasteiger partial charge in [0.05, 0.1) is 4.47 Å². The van der Waals surface area contributed by atoms with Gasteiger partial charge in [0.25, 0.3) is 0 Å². The van der Waals surface area contributed by atoms with Crippen LogP contribution < -0.4 is 16.0 Å². The van der Waals surface area contributed by atoms with Crippen molar-refractivity contribution in [3.05, 3.63) is 10.7 Å². The maximum absolute atomic E-state index is 11.4. The summed E-state index contributed by atoms with van der Waals surface area (Å²) in [4.78, 5) is 21.9. The molecule has 19 heavy (non-hydrogen) atoms. The summed E-state index contributed by atoms with van der Waals surface area (Å²) in [6, 6.07) is 0.315. The lowest BCUT2D eigenvalue weighted by Gasteiger charge is -2.42. The summed E-state index contributed by atoms with van der Waals surface area (Å²) in [5, 5.41) is 3.08. The molecule has 3 N–H and O–H groups in total. The zero-order chi connectivity index (χ0) is 13.4. The molecule has 2 aliphatic heterocycles. The van der Waals surface area contributed by atoms with Gasteiger partial charge in [0.2, 0.25) is 11.9 Å². The highest BCUT2D eigenvalue weighted by molar-refractivity contribution is 9.10. The fourth-order valence-electron chi connectivity index (χ4n) is 2.90. The molecule has 2 aliphatic rings. The molecule has 0 bridgehead atoms. The van der Waals surface area contributed by atoms with Gasteiger partial charge in [0, 0.05) is 31.7 Å². The zero-order valence-electron chi connectivity index (χ0n) is 10.5. The Labute approximate surface area is 119 Å². The van der Waals surface area contributed by atoms with Crippen molar-refractivity contribution in [2.24, 2.45) is 5.92 Å². The van der Waals surface area contributed by atoms with Gasteiger partial charge in [0.1, 0.15) is 5.82 Å². The highest BCUT2D eigenvalue weighted by atomic mass is 79.9. The Morgan fingerprint density at radius 1 is 1.47 bits per heavy atom. The van der Waals surface area contributed by atoms with E-state index in [9.17, 15) is 4.79 Å². The molecule has 3 rings (SSSR count). The van der Waals surface area contributed by atoms with Crippen molar-refractivity contribution in [1.29, 1.82) is 0 Å². The smallest absolute Gasteiger partial charge is 0.222 e. The molecular weight excluding hydrogens is 310 g/mol. The van der Waals surface area contributed by atoms with Gasteiger partial charge < -0.3 is 16.0 Å². The van der Waals surface area contributed by atoms with Crippen LogP contribution in [0.2, 0.25) is 0 Å². The molecule has 6 nitrogen and oxygen atoms in total. The topological polar surface area (TPSA) is 84.1 Å². The molecule has 1 amide bonds. The number of aromatic nitrogens is 2. The number of carbonyl (C=O) groups excluding carboxylic acids is 1. The van der Waals surface area contributed by atoms with Crippen LogP contribution in [0, 0.1) is 5.92 Å². The first-order valence-corrected chi connectivity index (χ1v) is 7.25. The molecule has 102 valence electrons. The van der Waals surface area contributed by atoms with Gasteiger partial charge in [-0.1, -0.05) is 0 Å². The normalized spacial score (nSPS) is 26.8. The van der Waals surface area contributed by atoms with Crippen LogP contribution in [0.15, 0.2) is 10.7 Å². The number of nitrogens with one attached hydrogen (secondary N) is 1. The number of rotatable bonds is 1. The van der Waals surface area contributed by atoms with Crippen molar-refractivity contribution in [2.75, 3.05) is 23.7 Å². The number of halogens is 1. The number of amides is 1. The van der Waals surface area contributed by atoms with E-state index in [1.165, 1.54) is 0 Å². The number of hydrogen-bond acceptors (Lipinski definition) is 5. The lowest BCUT2D eigenvalue weighted by molar-refractivity contribution is -0.124. The molecule has 2 saturated heterocycles. The molecule has 3 heterocycles. The van der Waals surface area contributed by atoms with Crippen LogP contribution in [0.1, 0.15) is 19.3 Å². The highest BCUT2D eigenvalue weighted by Gasteiger charge is 2.34. The molecule has 7 heteroatoms. The van der Waals surface area contributed by atoms with E-state index in [4.69, 9.17) is 5.73 Å². The van der Waals surface area contributed by atoms with Crippen LogP contribution >= 0.6 is 15.9 Å². The van der Waals surface area contributed by atoms with Crippen LogP contribution in [-0.4, -0.2) is 35.0 Å². The number of hydrogen-bond donors (Lipinski definition) is 2. The SMILES string of the molecule is Nc1ncc(Br)c(N2CCC3NC(=O)CCC3C2)n1. The Hall–Kier alpha value is -1.37. The molecule has 0 aliphatic carbocycles. The second kappa shape index (κ2) is 4.96. The van der Waals surface area contributed by atoms with E-state index in [-0.39, 0.29) is 11.9 Å². The van der Waals surface area contributed by atoms with Gasteiger partial charge in [-0.05, 0) is 34.7 Å². The summed E-state index contributed by atoms with van der Waals surface area (Å²) in [6.07, 6.45) is 4.21. The van der Waals surface area contributed by atoms with Crippen molar-refractivity contribution in [2.45, 2.75) is 25.3 Å². The van der Waals surface area contributed by atoms with E-state index in [2.05, 4.69) is 36.1 Å². The second-order valence-corrected chi connectivity index (χ2v) is 5.96. The molecule has 0 spiro atoms. The summed E-state index contributed by atoms with van der Waals surface area (Å²) in [6.45, 7) is 1.77. The van der Waals surface area contributed by atoms with Crippen molar-refractivity contribution >= 4 is 33.6 Å². The number of carbonyl (C=O) groups is 1. The van der Waals surface area contributed by atoms with Gasteiger partial charge in [0.15, 0.2) is 0 Å². The Kier molecular flexibility index (Phi) is 3.30. The van der Waals surface area contributed by atoms with Crippen LogP contribution in [0.4, 0.5) is 11.8 Å². The number of anilines is 2. The van der Waals surface area contributed by atoms with Gasteiger partial charge in [-0.25, -0.2) is 4.98 Å². The van der Waals surface area contributed by atoms with E-state index < -0.39 is 0 Å². The average Bonchev–Trinajstić information content (AvgIpc) is 2.41. The number of nitrogens with two attached hydrogens (primary N) is 1. The quantitative estimate of drug-likeness (QED) is 0.802. The first kappa shape index (κ1) is 12.7. The van der Waals surface area contributed by atoms with Crippen molar-refractivity contribution in [3.63, 3.8) is 0 Å². The van der Waals surface area contributed by atoms with Gasteiger partial charge >= 0.3 is 0 Å². The first-order chi connectivity index (χ1) is 9.13. The van der Waals surface area contributed by atoms with Crippen molar-refractivity contribution < 1.29 is 4.79 Å². The largest absolute Gasteiger partial charge is 0.368 e. The molecular formula is C12H16BrN5O. The van der Waals surface area contributed by atoms with Crippen molar-refractivity contribution in [1.82, 2.24) is 15.3 Å². The Balaban J connectivity index is 1.77. The summed E-state index contributed by atoms with van der Waals surface area (Å²) in [7, 11) is 0. The zero-order valence-corrected chi connectivity index (χ0v) is 12.1. The van der Waals surface area contributed by atoms with Crippen LogP contribution in [-0.2, 0) is 4.79 Å². The summed E-state index contributed by atoms with van der Waals surface area (Å²) < 4.78 is 0.861. The fraction of sp³-hybridized carbons (Fsp3) is 0.583. The highest BCUT2D eigenvalue weighted by Crippen LogP contribution is 2.31. The predicted octanol–water partition coefficient (Wildman–Crippen LogP) is 0.926. The predicted molar refractivity (Wildman–Crippen MR) is 75.6 cm³/mol. The monoisotopic (exact) mass is 325 g/mol. The number of nitrogens with zero attached hydrogens (tertiary/aromatic N) is 3. The van der Waals surface area contributed by atoms with E-state index in [0.717, 1.165) is 36.2 Å². The van der Waals surface area contributed by atoms with Gasteiger partial charge in [-0.2, -0.15) is 4.98 Å².